The van der Waals surface area contributed by atoms with Crippen LogP contribution >= 0.6 is 0 Å². The number of carbonyl (C=O) groups is 4. The lowest BCUT2D eigenvalue weighted by molar-refractivity contribution is -0.145. The molecular weight excluding hydrogens is 314 g/mol. The Hall–Kier alpha value is -2.18. The van der Waals surface area contributed by atoms with Gasteiger partial charge < -0.3 is 14.8 Å². The molecule has 0 aliphatic carbocycles. The fraction of sp³-hybridized carbons (Fsp3) is 0.647. The smallest absolute Gasteiger partial charge is 0.331 e. The Morgan fingerprint density at radius 1 is 0.833 bits per heavy atom. The monoisotopic (exact) mass is 341 g/mol. The number of esters is 2. The number of unbranched alkanes of at least 4 members (excludes halogenated alkanes) is 3. The quantitative estimate of drug-likeness (QED) is 0.311. The van der Waals surface area contributed by atoms with E-state index in [1.165, 1.54) is 0 Å². The van der Waals surface area contributed by atoms with E-state index in [1.807, 2.05) is 13.8 Å². The van der Waals surface area contributed by atoms with E-state index >= 15 is 0 Å². The van der Waals surface area contributed by atoms with Gasteiger partial charge in [-0.3, -0.25) is 9.59 Å². The minimum absolute atomic E-state index is 0.156. The van der Waals surface area contributed by atoms with Crippen molar-refractivity contribution in [3.63, 3.8) is 0 Å². The second-order valence-electron chi connectivity index (χ2n) is 5.25. The third-order valence-electron chi connectivity index (χ3n) is 2.99. The Morgan fingerprint density at radius 3 is 2.00 bits per heavy atom. The highest BCUT2D eigenvalue weighted by molar-refractivity contribution is 5.93. The summed E-state index contributed by atoms with van der Waals surface area (Å²) in [6.45, 7) is 3.85. The Bertz CT molecular complexity index is 404. The first kappa shape index (κ1) is 21.8. The highest BCUT2D eigenvalue weighted by atomic mass is 16.5. The molecule has 0 radical (unpaired) electrons. The third-order valence-corrected chi connectivity index (χ3v) is 2.99. The number of ketones is 1. The molecule has 0 aromatic carbocycles. The molecule has 1 N–H and O–H groups in total. The van der Waals surface area contributed by atoms with Gasteiger partial charge in [-0.1, -0.05) is 33.1 Å². The molecule has 136 valence electrons. The lowest BCUT2D eigenvalue weighted by Crippen LogP contribution is -2.29. The van der Waals surface area contributed by atoms with Gasteiger partial charge in [0.15, 0.2) is 12.4 Å². The first-order chi connectivity index (χ1) is 11.5. The zero-order valence-corrected chi connectivity index (χ0v) is 14.5. The number of carbonyl (C=O) groups excluding carboxylic acids is 4. The molecule has 0 fully saturated rings. The number of amides is 1. The summed E-state index contributed by atoms with van der Waals surface area (Å²) in [5.74, 6) is -2.18. The molecule has 0 unspecified atom stereocenters. The SMILES string of the molecule is CCCCCC(=O)COC(=O)/C=C/C(=O)OCC(=O)NCCCC. The second-order valence-corrected chi connectivity index (χ2v) is 5.25. The molecule has 7 nitrogen and oxygen atoms in total. The maximum Gasteiger partial charge on any atom is 0.331 e. The summed E-state index contributed by atoms with van der Waals surface area (Å²) < 4.78 is 9.38. The van der Waals surface area contributed by atoms with Gasteiger partial charge in [0.1, 0.15) is 6.61 Å². The predicted molar refractivity (Wildman–Crippen MR) is 88.1 cm³/mol. The Morgan fingerprint density at radius 2 is 1.42 bits per heavy atom. The molecule has 0 aromatic heterocycles. The maximum atomic E-state index is 11.4. The second kappa shape index (κ2) is 14.4. The zero-order chi connectivity index (χ0) is 18.2. The van der Waals surface area contributed by atoms with Crippen molar-refractivity contribution in [2.75, 3.05) is 19.8 Å². The average molecular weight is 341 g/mol. The summed E-state index contributed by atoms with van der Waals surface area (Å²) in [4.78, 5) is 45.4. The molecule has 0 heterocycles. The van der Waals surface area contributed by atoms with Crippen LogP contribution < -0.4 is 5.32 Å². The van der Waals surface area contributed by atoms with Gasteiger partial charge in [-0.2, -0.15) is 0 Å². The van der Waals surface area contributed by atoms with E-state index in [0.29, 0.717) is 13.0 Å². The Balaban J connectivity index is 3.86. The number of hydrogen-bond acceptors (Lipinski definition) is 6. The first-order valence-corrected chi connectivity index (χ1v) is 8.29. The van der Waals surface area contributed by atoms with Gasteiger partial charge in [0.2, 0.25) is 0 Å². The largest absolute Gasteiger partial charge is 0.455 e. The fourth-order valence-electron chi connectivity index (χ4n) is 1.62. The van der Waals surface area contributed by atoms with Crippen molar-refractivity contribution in [1.82, 2.24) is 5.32 Å². The summed E-state index contributed by atoms with van der Waals surface area (Å²) >= 11 is 0. The van der Waals surface area contributed by atoms with Crippen LogP contribution in [0, 0.1) is 0 Å². The van der Waals surface area contributed by atoms with Gasteiger partial charge in [0, 0.05) is 25.1 Å². The molecule has 0 aliphatic heterocycles. The number of Topliss-reactive ketones (excluding diaryl/α,β-unsaturated/α-hetero) is 1. The van der Waals surface area contributed by atoms with E-state index in [4.69, 9.17) is 4.74 Å². The summed E-state index contributed by atoms with van der Waals surface area (Å²) in [7, 11) is 0. The number of nitrogens with one attached hydrogen (secondary N) is 1. The van der Waals surface area contributed by atoms with Crippen molar-refractivity contribution in [3.05, 3.63) is 12.2 Å². The molecule has 0 saturated heterocycles. The Labute approximate surface area is 142 Å². The molecule has 0 spiro atoms. The highest BCUT2D eigenvalue weighted by Crippen LogP contribution is 2.00. The van der Waals surface area contributed by atoms with E-state index in [2.05, 4.69) is 10.1 Å². The van der Waals surface area contributed by atoms with Crippen LogP contribution in [0.3, 0.4) is 0 Å². The number of hydrogen-bond donors (Lipinski definition) is 1. The predicted octanol–water partition coefficient (Wildman–Crippen LogP) is 1.69. The fourth-order valence-corrected chi connectivity index (χ4v) is 1.62. The summed E-state index contributed by atoms with van der Waals surface area (Å²) in [6.07, 6.45) is 6.65. The van der Waals surface area contributed by atoms with Crippen molar-refractivity contribution < 1.29 is 28.7 Å². The summed E-state index contributed by atoms with van der Waals surface area (Å²) in [5.41, 5.74) is 0. The van der Waals surface area contributed by atoms with Crippen LogP contribution in [0.1, 0.15) is 52.4 Å². The van der Waals surface area contributed by atoms with Crippen LogP contribution in [0.25, 0.3) is 0 Å². The van der Waals surface area contributed by atoms with Crippen molar-refractivity contribution in [2.24, 2.45) is 0 Å². The molecule has 0 atom stereocenters. The van der Waals surface area contributed by atoms with Crippen molar-refractivity contribution in [2.45, 2.75) is 52.4 Å². The zero-order valence-electron chi connectivity index (χ0n) is 14.5. The topological polar surface area (TPSA) is 98.8 Å². The van der Waals surface area contributed by atoms with Crippen molar-refractivity contribution in [1.29, 1.82) is 0 Å². The molecule has 24 heavy (non-hydrogen) atoms. The normalized spacial score (nSPS) is 10.4. The molecule has 0 bridgehead atoms. The van der Waals surface area contributed by atoms with Gasteiger partial charge in [-0.15, -0.1) is 0 Å². The van der Waals surface area contributed by atoms with Gasteiger partial charge in [-0.25, -0.2) is 9.59 Å². The van der Waals surface area contributed by atoms with Crippen LogP contribution in [-0.4, -0.2) is 43.4 Å². The molecule has 0 saturated carbocycles. The van der Waals surface area contributed by atoms with Crippen LogP contribution in [0.15, 0.2) is 12.2 Å². The summed E-state index contributed by atoms with van der Waals surface area (Å²) in [6, 6.07) is 0. The number of ether oxygens (including phenoxy) is 2. The van der Waals surface area contributed by atoms with Crippen LogP contribution in [-0.2, 0) is 28.7 Å². The van der Waals surface area contributed by atoms with Crippen LogP contribution in [0.4, 0.5) is 0 Å². The van der Waals surface area contributed by atoms with Gasteiger partial charge >= 0.3 is 11.9 Å². The van der Waals surface area contributed by atoms with E-state index in [-0.39, 0.29) is 12.4 Å². The highest BCUT2D eigenvalue weighted by Gasteiger charge is 2.07. The Kier molecular flexibility index (Phi) is 13.1. The minimum Gasteiger partial charge on any atom is -0.455 e. The van der Waals surface area contributed by atoms with E-state index in [1.54, 1.807) is 0 Å². The van der Waals surface area contributed by atoms with E-state index < -0.39 is 24.5 Å². The lowest BCUT2D eigenvalue weighted by Gasteiger charge is -2.04. The minimum atomic E-state index is -0.827. The maximum absolute atomic E-state index is 11.4. The lowest BCUT2D eigenvalue weighted by atomic mass is 10.1. The standard InChI is InChI=1S/C17H27NO6/c1-3-5-7-8-14(19)12-23-16(21)9-10-17(22)24-13-15(20)18-11-6-4-2/h9-10H,3-8,11-13H2,1-2H3,(H,18,20)/b10-9+. The first-order valence-electron chi connectivity index (χ1n) is 8.29. The molecule has 7 heteroatoms. The molecule has 1 amide bonds. The van der Waals surface area contributed by atoms with Gasteiger partial charge in [-0.05, 0) is 12.8 Å². The van der Waals surface area contributed by atoms with Gasteiger partial charge in [0.25, 0.3) is 5.91 Å². The third kappa shape index (κ3) is 13.5. The van der Waals surface area contributed by atoms with E-state index in [9.17, 15) is 19.2 Å². The van der Waals surface area contributed by atoms with E-state index in [0.717, 1.165) is 44.3 Å². The number of rotatable bonds is 13. The molecule has 0 aromatic rings. The molecule has 0 aliphatic rings. The van der Waals surface area contributed by atoms with Gasteiger partial charge in [0.05, 0.1) is 0 Å². The van der Waals surface area contributed by atoms with Crippen molar-refractivity contribution >= 4 is 23.6 Å². The van der Waals surface area contributed by atoms with Crippen LogP contribution in [0.5, 0.6) is 0 Å². The average Bonchev–Trinajstić information content (AvgIpc) is 2.56. The molecular formula is C17H27NO6. The van der Waals surface area contributed by atoms with Crippen LogP contribution in [0.2, 0.25) is 0 Å². The summed E-state index contributed by atoms with van der Waals surface area (Å²) in [5, 5.41) is 2.59. The molecule has 0 rings (SSSR count). The van der Waals surface area contributed by atoms with Crippen molar-refractivity contribution in [3.8, 4) is 0 Å².